The topological polar surface area (TPSA) is 105 Å². The maximum atomic E-state index is 11.9. The van der Waals surface area contributed by atoms with Gasteiger partial charge in [0.25, 0.3) is 0 Å². The highest BCUT2D eigenvalue weighted by Crippen LogP contribution is 2.25. The number of rotatable bonds is 10. The van der Waals surface area contributed by atoms with E-state index in [1.54, 1.807) is 0 Å². The Bertz CT molecular complexity index is 957. The molecule has 0 saturated heterocycles. The van der Waals surface area contributed by atoms with Crippen LogP contribution in [-0.2, 0) is 35.5 Å². The fourth-order valence-electron chi connectivity index (χ4n) is 3.81. The van der Waals surface area contributed by atoms with Crippen LogP contribution in [-0.4, -0.2) is 25.0 Å². The molecule has 7 nitrogen and oxygen atoms in total. The molecular weight excluding hydrogens is 404 g/mol. The minimum atomic E-state index is -0.432. The summed E-state index contributed by atoms with van der Waals surface area (Å²) in [5, 5.41) is 2.79. The molecule has 1 atom stereocenters. The second-order valence-electron chi connectivity index (χ2n) is 8.20. The second-order valence-corrected chi connectivity index (χ2v) is 8.20. The molecule has 1 amide bonds. The van der Waals surface area contributed by atoms with Gasteiger partial charge in [-0.15, -0.1) is 0 Å². The van der Waals surface area contributed by atoms with E-state index in [1.165, 1.54) is 0 Å². The molecule has 0 saturated carbocycles. The molecule has 1 aliphatic rings. The number of carbonyl (C=O) groups is 2. The molecule has 3 rings (SSSR count). The predicted molar refractivity (Wildman–Crippen MR) is 124 cm³/mol. The number of alkyl carbamates (subject to hydrolysis) is 1. The summed E-state index contributed by atoms with van der Waals surface area (Å²) in [6.45, 7) is 5.33. The van der Waals surface area contributed by atoms with Crippen LogP contribution in [0, 0.1) is 5.92 Å². The van der Waals surface area contributed by atoms with Crippen molar-refractivity contribution in [3.8, 4) is 0 Å². The van der Waals surface area contributed by atoms with E-state index in [1.807, 2.05) is 36.4 Å². The lowest BCUT2D eigenvalue weighted by atomic mass is 9.91. The maximum Gasteiger partial charge on any atom is 0.407 e. The van der Waals surface area contributed by atoms with Crippen LogP contribution >= 0.6 is 0 Å². The number of nitrogens with one attached hydrogen (secondary N) is 3. The Kier molecular flexibility index (Phi) is 8.41. The van der Waals surface area contributed by atoms with Crippen LogP contribution < -0.4 is 21.9 Å². The predicted octanol–water partition coefficient (Wildman–Crippen LogP) is 2.74. The number of ether oxygens (including phenoxy) is 1. The van der Waals surface area contributed by atoms with Gasteiger partial charge in [0.05, 0.1) is 0 Å². The van der Waals surface area contributed by atoms with Gasteiger partial charge < -0.3 is 26.0 Å². The van der Waals surface area contributed by atoms with E-state index >= 15 is 0 Å². The molecule has 0 spiro atoms. The van der Waals surface area contributed by atoms with Crippen molar-refractivity contribution in [3.63, 3.8) is 0 Å². The van der Waals surface area contributed by atoms with Gasteiger partial charge in [-0.05, 0) is 46.6 Å². The van der Waals surface area contributed by atoms with Gasteiger partial charge in [-0.1, -0.05) is 62.4 Å². The summed E-state index contributed by atoms with van der Waals surface area (Å²) < 4.78 is 5.24. The van der Waals surface area contributed by atoms with Gasteiger partial charge in [-0.2, -0.15) is 0 Å². The Morgan fingerprint density at radius 3 is 2.62 bits per heavy atom. The highest BCUT2D eigenvalue weighted by Gasteiger charge is 2.26. The highest BCUT2D eigenvalue weighted by atomic mass is 16.5. The normalized spacial score (nSPS) is 15.6. The number of benzene rings is 2. The molecule has 0 aromatic heterocycles. The fourth-order valence-corrected chi connectivity index (χ4v) is 3.81. The number of allylic oxidation sites excluding steroid dienone is 1. The van der Waals surface area contributed by atoms with Crippen molar-refractivity contribution in [1.82, 2.24) is 16.2 Å². The standard InChI is InChI=1S/C25H32N4O3/c1-17(2)24-22(23(15-30)28-29-24)13-20-9-8-18(12-21(20)14-26)10-11-27-25(31)32-16-19-6-4-3-5-7-19/h3-9,12,15,17,23,28-29H,10-11,13-14,16,26H2,1-2H3,(H,27,31). The van der Waals surface area contributed by atoms with Crippen molar-refractivity contribution in [3.05, 3.63) is 82.1 Å². The van der Waals surface area contributed by atoms with Crippen LogP contribution in [0.1, 0.15) is 36.1 Å². The monoisotopic (exact) mass is 436 g/mol. The quantitative estimate of drug-likeness (QED) is 0.427. The largest absolute Gasteiger partial charge is 0.445 e. The summed E-state index contributed by atoms with van der Waals surface area (Å²) in [5.74, 6) is 0.288. The lowest BCUT2D eigenvalue weighted by molar-refractivity contribution is -0.108. The number of hydrogen-bond donors (Lipinski definition) is 4. The average Bonchev–Trinajstić information content (AvgIpc) is 3.22. The van der Waals surface area contributed by atoms with Crippen molar-refractivity contribution >= 4 is 12.4 Å². The van der Waals surface area contributed by atoms with Gasteiger partial charge in [0.15, 0.2) is 0 Å². The van der Waals surface area contributed by atoms with Gasteiger partial charge in [0, 0.05) is 18.8 Å². The molecule has 0 radical (unpaired) electrons. The third-order valence-corrected chi connectivity index (χ3v) is 5.56. The van der Waals surface area contributed by atoms with E-state index in [4.69, 9.17) is 10.5 Å². The van der Waals surface area contributed by atoms with Crippen molar-refractivity contribution < 1.29 is 14.3 Å². The van der Waals surface area contributed by atoms with Gasteiger partial charge in [-0.25, -0.2) is 10.2 Å². The molecule has 1 unspecified atom stereocenters. The lowest BCUT2D eigenvalue weighted by Crippen LogP contribution is -2.34. The SMILES string of the molecule is CC(C)C1=C(Cc2ccc(CCNC(=O)OCc3ccccc3)cc2CN)C(C=O)NN1. The first-order chi connectivity index (χ1) is 15.5. The molecule has 0 fully saturated rings. The molecule has 5 N–H and O–H groups in total. The van der Waals surface area contributed by atoms with Gasteiger partial charge in [0.1, 0.15) is 18.9 Å². The third-order valence-electron chi connectivity index (χ3n) is 5.56. The summed E-state index contributed by atoms with van der Waals surface area (Å²) in [6.07, 6.45) is 1.83. The number of hydrazine groups is 1. The van der Waals surface area contributed by atoms with Gasteiger partial charge in [0.2, 0.25) is 0 Å². The van der Waals surface area contributed by atoms with Gasteiger partial charge in [-0.3, -0.25) is 0 Å². The first-order valence-electron chi connectivity index (χ1n) is 11.0. The molecule has 1 aliphatic heterocycles. The van der Waals surface area contributed by atoms with E-state index < -0.39 is 6.09 Å². The van der Waals surface area contributed by atoms with Crippen LogP contribution in [0.25, 0.3) is 0 Å². The Morgan fingerprint density at radius 1 is 1.16 bits per heavy atom. The van der Waals surface area contributed by atoms with E-state index in [0.29, 0.717) is 25.9 Å². The molecule has 7 heteroatoms. The third kappa shape index (κ3) is 6.18. The van der Waals surface area contributed by atoms with Crippen molar-refractivity contribution in [2.45, 2.75) is 45.9 Å². The fraction of sp³-hybridized carbons (Fsp3) is 0.360. The molecule has 1 heterocycles. The number of nitrogens with two attached hydrogens (primary N) is 1. The number of amides is 1. The Labute approximate surface area is 189 Å². The minimum absolute atomic E-state index is 0.248. The number of hydrogen-bond acceptors (Lipinski definition) is 6. The summed E-state index contributed by atoms with van der Waals surface area (Å²) >= 11 is 0. The molecule has 32 heavy (non-hydrogen) atoms. The van der Waals surface area contributed by atoms with E-state index in [0.717, 1.165) is 39.8 Å². The minimum Gasteiger partial charge on any atom is -0.445 e. The highest BCUT2D eigenvalue weighted by molar-refractivity contribution is 5.67. The van der Waals surface area contributed by atoms with Crippen LogP contribution in [0.15, 0.2) is 59.8 Å². The number of aldehydes is 1. The summed E-state index contributed by atoms with van der Waals surface area (Å²) in [7, 11) is 0. The Hall–Kier alpha value is -3.16. The molecule has 0 aliphatic carbocycles. The van der Waals surface area contributed by atoms with E-state index in [9.17, 15) is 9.59 Å². The summed E-state index contributed by atoms with van der Waals surface area (Å²) in [4.78, 5) is 23.4. The summed E-state index contributed by atoms with van der Waals surface area (Å²) in [6, 6.07) is 15.4. The smallest absolute Gasteiger partial charge is 0.407 e. The first kappa shape index (κ1) is 23.5. The van der Waals surface area contributed by atoms with E-state index in [-0.39, 0.29) is 18.6 Å². The summed E-state index contributed by atoms with van der Waals surface area (Å²) in [5.41, 5.74) is 18.5. The van der Waals surface area contributed by atoms with Crippen molar-refractivity contribution in [1.29, 1.82) is 0 Å². The van der Waals surface area contributed by atoms with Crippen LogP contribution in [0.4, 0.5) is 4.79 Å². The molecule has 2 aromatic carbocycles. The number of carbonyl (C=O) groups excluding carboxylic acids is 2. The maximum absolute atomic E-state index is 11.9. The molecule has 0 bridgehead atoms. The molecular formula is C25H32N4O3. The van der Waals surface area contributed by atoms with Crippen molar-refractivity contribution in [2.75, 3.05) is 6.54 Å². The molecule has 2 aromatic rings. The van der Waals surface area contributed by atoms with Crippen molar-refractivity contribution in [2.24, 2.45) is 11.7 Å². The average molecular weight is 437 g/mol. The molecule has 170 valence electrons. The van der Waals surface area contributed by atoms with E-state index in [2.05, 4.69) is 42.1 Å². The van der Waals surface area contributed by atoms with Crippen LogP contribution in [0.5, 0.6) is 0 Å². The Morgan fingerprint density at radius 2 is 1.94 bits per heavy atom. The van der Waals surface area contributed by atoms with Gasteiger partial charge >= 0.3 is 6.09 Å². The van der Waals surface area contributed by atoms with Crippen LogP contribution in [0.3, 0.4) is 0 Å². The Balaban J connectivity index is 1.56. The lowest BCUT2D eigenvalue weighted by Gasteiger charge is -2.15. The second kappa shape index (κ2) is 11.5. The first-order valence-corrected chi connectivity index (χ1v) is 11.0. The van der Waals surface area contributed by atoms with Crippen LogP contribution in [0.2, 0.25) is 0 Å². The zero-order chi connectivity index (χ0) is 22.9. The zero-order valence-corrected chi connectivity index (χ0v) is 18.7. The zero-order valence-electron chi connectivity index (χ0n) is 18.7.